The molecule has 0 saturated heterocycles. The minimum atomic E-state index is -0.898. The Morgan fingerprint density at radius 3 is 2.56 bits per heavy atom. The highest BCUT2D eigenvalue weighted by Gasteiger charge is 2.33. The summed E-state index contributed by atoms with van der Waals surface area (Å²) in [5.74, 6) is 0.456. The summed E-state index contributed by atoms with van der Waals surface area (Å²) in [6.45, 7) is 0.350. The maximum absolute atomic E-state index is 13.8. The van der Waals surface area contributed by atoms with Gasteiger partial charge in [-0.05, 0) is 59.7 Å². The van der Waals surface area contributed by atoms with Crippen molar-refractivity contribution in [2.45, 2.75) is 57.2 Å². The molecule has 2 aliphatic rings. The van der Waals surface area contributed by atoms with Gasteiger partial charge in [0.15, 0.2) is 11.5 Å². The van der Waals surface area contributed by atoms with Crippen molar-refractivity contribution in [1.82, 2.24) is 10.2 Å². The van der Waals surface area contributed by atoms with E-state index in [1.807, 2.05) is 35.7 Å². The number of rotatable bonds is 8. The van der Waals surface area contributed by atoms with E-state index in [-0.39, 0.29) is 37.6 Å². The number of benzene rings is 2. The van der Waals surface area contributed by atoms with E-state index in [1.165, 1.54) is 29.9 Å². The van der Waals surface area contributed by atoms with Crippen LogP contribution in [0.15, 0.2) is 60.0 Å². The van der Waals surface area contributed by atoms with E-state index >= 15 is 0 Å². The maximum Gasteiger partial charge on any atom is 0.247 e. The van der Waals surface area contributed by atoms with Crippen molar-refractivity contribution in [3.63, 3.8) is 0 Å². The first-order valence-corrected chi connectivity index (χ1v) is 13.2. The van der Waals surface area contributed by atoms with Gasteiger partial charge < -0.3 is 19.7 Å². The lowest BCUT2D eigenvalue weighted by molar-refractivity contribution is -0.141. The monoisotopic (exact) mass is 508 g/mol. The molecule has 1 atom stereocenters. The van der Waals surface area contributed by atoms with Crippen molar-refractivity contribution in [2.75, 3.05) is 6.79 Å². The van der Waals surface area contributed by atoms with Crippen molar-refractivity contribution in [2.24, 2.45) is 0 Å². The largest absolute Gasteiger partial charge is 0.454 e. The molecular formula is C28H29FN2O4S. The molecule has 1 fully saturated rings. The number of ether oxygens (including phenoxy) is 2. The molecule has 1 aliphatic carbocycles. The van der Waals surface area contributed by atoms with Gasteiger partial charge in [0.05, 0.1) is 6.42 Å². The molecule has 6 nitrogen and oxygen atoms in total. The number of carbonyl (C=O) groups excluding carboxylic acids is 2. The van der Waals surface area contributed by atoms with Crippen LogP contribution in [0.2, 0.25) is 0 Å². The first-order valence-electron chi connectivity index (χ1n) is 12.3. The fourth-order valence-electron chi connectivity index (χ4n) is 4.87. The number of carbonyl (C=O) groups is 2. The average molecular weight is 509 g/mol. The number of halogens is 1. The summed E-state index contributed by atoms with van der Waals surface area (Å²) in [7, 11) is 0. The summed E-state index contributed by atoms with van der Waals surface area (Å²) >= 11 is 1.50. The van der Waals surface area contributed by atoms with E-state index in [9.17, 15) is 14.0 Å². The van der Waals surface area contributed by atoms with Crippen molar-refractivity contribution in [3.8, 4) is 11.5 Å². The van der Waals surface area contributed by atoms with Gasteiger partial charge in [-0.25, -0.2) is 4.39 Å². The second-order valence-corrected chi connectivity index (χ2v) is 10.3. The molecule has 0 unspecified atom stereocenters. The fraction of sp³-hybridized carbons (Fsp3) is 0.357. The maximum atomic E-state index is 13.8. The van der Waals surface area contributed by atoms with Crippen LogP contribution < -0.4 is 14.8 Å². The van der Waals surface area contributed by atoms with E-state index in [0.29, 0.717) is 17.1 Å². The van der Waals surface area contributed by atoms with Crippen molar-refractivity contribution < 1.29 is 23.5 Å². The van der Waals surface area contributed by atoms with Crippen LogP contribution in [0.4, 0.5) is 4.39 Å². The molecule has 188 valence electrons. The van der Waals surface area contributed by atoms with Gasteiger partial charge >= 0.3 is 0 Å². The van der Waals surface area contributed by atoms with E-state index < -0.39 is 11.9 Å². The number of hydrogen-bond acceptors (Lipinski definition) is 5. The van der Waals surface area contributed by atoms with E-state index in [2.05, 4.69) is 5.32 Å². The summed E-state index contributed by atoms with van der Waals surface area (Å²) in [6.07, 6.45) is 5.34. The molecule has 2 heterocycles. The lowest BCUT2D eigenvalue weighted by Gasteiger charge is -2.33. The Morgan fingerprint density at radius 1 is 1.03 bits per heavy atom. The predicted molar refractivity (Wildman–Crippen MR) is 135 cm³/mol. The van der Waals surface area contributed by atoms with Crippen LogP contribution in [0.1, 0.15) is 54.1 Å². The minimum absolute atomic E-state index is 0.0778. The number of amides is 2. The summed E-state index contributed by atoms with van der Waals surface area (Å²) in [5.41, 5.74) is 1.39. The lowest BCUT2D eigenvalue weighted by atomic mass is 9.94. The Bertz CT molecular complexity index is 1190. The highest BCUT2D eigenvalue weighted by molar-refractivity contribution is 7.10. The summed E-state index contributed by atoms with van der Waals surface area (Å²) in [4.78, 5) is 30.0. The SMILES string of the molecule is O=C(NC1CCCCC1)[C@H](c1ccc(F)cc1)N(Cc1ccc2c(c1)OCO2)C(=O)Cc1cccs1. The molecule has 1 saturated carbocycles. The Morgan fingerprint density at radius 2 is 1.81 bits per heavy atom. The van der Waals surface area contributed by atoms with Gasteiger partial charge in [0, 0.05) is 17.5 Å². The molecule has 2 amide bonds. The zero-order valence-electron chi connectivity index (χ0n) is 20.0. The lowest BCUT2D eigenvalue weighted by Crippen LogP contribution is -2.47. The zero-order chi connectivity index (χ0) is 24.9. The summed E-state index contributed by atoms with van der Waals surface area (Å²) in [6, 6.07) is 14.4. The van der Waals surface area contributed by atoms with Crippen LogP contribution in [0.25, 0.3) is 0 Å². The first kappa shape index (κ1) is 24.3. The molecule has 0 radical (unpaired) electrons. The molecule has 3 aromatic rings. The third-order valence-electron chi connectivity index (χ3n) is 6.71. The Labute approximate surface area is 214 Å². The molecule has 2 aromatic carbocycles. The third kappa shape index (κ3) is 5.70. The highest BCUT2D eigenvalue weighted by atomic mass is 32.1. The second-order valence-electron chi connectivity index (χ2n) is 9.26. The Kier molecular flexibility index (Phi) is 7.51. The number of fused-ring (bicyclic) bond motifs is 1. The van der Waals surface area contributed by atoms with Crippen LogP contribution in [0.5, 0.6) is 11.5 Å². The highest BCUT2D eigenvalue weighted by Crippen LogP contribution is 2.34. The van der Waals surface area contributed by atoms with Gasteiger partial charge in [0.25, 0.3) is 0 Å². The molecule has 1 aliphatic heterocycles. The van der Waals surface area contributed by atoms with Crippen LogP contribution in [0, 0.1) is 5.82 Å². The van der Waals surface area contributed by atoms with Crippen molar-refractivity contribution in [3.05, 3.63) is 81.8 Å². The fourth-order valence-corrected chi connectivity index (χ4v) is 5.56. The summed E-state index contributed by atoms with van der Waals surface area (Å²) < 4.78 is 24.8. The number of hydrogen-bond donors (Lipinski definition) is 1. The van der Waals surface area contributed by atoms with Crippen LogP contribution in [-0.2, 0) is 22.6 Å². The third-order valence-corrected chi connectivity index (χ3v) is 7.59. The van der Waals surface area contributed by atoms with Gasteiger partial charge in [-0.15, -0.1) is 11.3 Å². The van der Waals surface area contributed by atoms with Crippen LogP contribution >= 0.6 is 11.3 Å². The van der Waals surface area contributed by atoms with E-state index in [1.54, 1.807) is 17.0 Å². The molecule has 36 heavy (non-hydrogen) atoms. The van der Waals surface area contributed by atoms with Gasteiger partial charge in [-0.1, -0.05) is 43.5 Å². The minimum Gasteiger partial charge on any atom is -0.454 e. The van der Waals surface area contributed by atoms with Gasteiger partial charge in [-0.2, -0.15) is 0 Å². The smallest absolute Gasteiger partial charge is 0.247 e. The quantitative estimate of drug-likeness (QED) is 0.444. The normalized spacial score (nSPS) is 15.9. The van der Waals surface area contributed by atoms with Gasteiger partial charge in [-0.3, -0.25) is 9.59 Å². The number of thiophene rings is 1. The van der Waals surface area contributed by atoms with E-state index in [4.69, 9.17) is 9.47 Å². The molecule has 0 bridgehead atoms. The molecule has 5 rings (SSSR count). The van der Waals surface area contributed by atoms with Gasteiger partial charge in [0.2, 0.25) is 18.6 Å². The molecule has 1 N–H and O–H groups in total. The van der Waals surface area contributed by atoms with Crippen LogP contribution in [-0.4, -0.2) is 29.5 Å². The topological polar surface area (TPSA) is 67.9 Å². The Hall–Kier alpha value is -3.39. The average Bonchev–Trinajstić information content (AvgIpc) is 3.57. The van der Waals surface area contributed by atoms with Crippen LogP contribution in [0.3, 0.4) is 0 Å². The standard InChI is InChI=1S/C28H29FN2O4S/c29-21-11-9-20(10-12-21)27(28(33)30-22-5-2-1-3-6-22)31(26(32)16-23-7-4-14-36-23)17-19-8-13-24-25(15-19)35-18-34-24/h4,7-15,22,27H,1-3,5-6,16-18H2,(H,30,33)/t27-/m0/s1. The zero-order valence-corrected chi connectivity index (χ0v) is 20.8. The van der Waals surface area contributed by atoms with Gasteiger partial charge in [0.1, 0.15) is 11.9 Å². The number of nitrogens with one attached hydrogen (secondary N) is 1. The Balaban J connectivity index is 1.49. The van der Waals surface area contributed by atoms with Crippen molar-refractivity contribution >= 4 is 23.2 Å². The van der Waals surface area contributed by atoms with E-state index in [0.717, 1.165) is 36.1 Å². The number of nitrogens with zero attached hydrogens (tertiary/aromatic N) is 1. The molecule has 8 heteroatoms. The second kappa shape index (κ2) is 11.1. The molecule has 0 spiro atoms. The van der Waals surface area contributed by atoms with Crippen molar-refractivity contribution in [1.29, 1.82) is 0 Å². The first-order chi connectivity index (χ1) is 17.6. The molecular weight excluding hydrogens is 479 g/mol. The predicted octanol–water partition coefficient (Wildman–Crippen LogP) is 5.38. The molecule has 1 aromatic heterocycles. The summed E-state index contributed by atoms with van der Waals surface area (Å²) in [5, 5.41) is 5.11.